The number of rotatable bonds is 5. The summed E-state index contributed by atoms with van der Waals surface area (Å²) in [6.45, 7) is 14.8. The molecule has 0 aromatic heterocycles. The molecule has 3 aromatic rings. The van der Waals surface area contributed by atoms with Gasteiger partial charge in [0.2, 0.25) is 0 Å². The first-order valence-electron chi connectivity index (χ1n) is 15.2. The van der Waals surface area contributed by atoms with Crippen molar-refractivity contribution in [2.45, 2.75) is 97.2 Å². The van der Waals surface area contributed by atoms with Gasteiger partial charge >= 0.3 is 6.03 Å². The summed E-state index contributed by atoms with van der Waals surface area (Å²) in [4.78, 5) is 12.4. The first-order chi connectivity index (χ1) is 21.1. The number of benzene rings is 3. The number of hydrogen-bond acceptors (Lipinski definition) is 4. The first-order valence-corrected chi connectivity index (χ1v) is 16.4. The van der Waals surface area contributed by atoms with Crippen LogP contribution in [0.15, 0.2) is 60.7 Å². The van der Waals surface area contributed by atoms with Gasteiger partial charge < -0.3 is 30.7 Å². The Morgan fingerprint density at radius 1 is 0.867 bits per heavy atom. The van der Waals surface area contributed by atoms with Crippen LogP contribution < -0.4 is 30.7 Å². The predicted octanol–water partition coefficient (Wildman–Crippen LogP) is 8.56. The van der Waals surface area contributed by atoms with Gasteiger partial charge in [0.05, 0.1) is 12.1 Å². The second-order valence-corrected chi connectivity index (χ2v) is 14.5. The van der Waals surface area contributed by atoms with Crippen molar-refractivity contribution in [2.24, 2.45) is 0 Å². The largest absolute Gasteiger partial charge is 0.487 e. The summed E-state index contributed by atoms with van der Waals surface area (Å²) >= 11 is 17.6. The van der Waals surface area contributed by atoms with Gasteiger partial charge in [-0.05, 0) is 103 Å². The number of hydrogen-bond donors (Lipinski definition) is 4. The number of fused-ring (bicyclic) bond motifs is 2. The number of nitrogens with one attached hydrogen (secondary N) is 4. The summed E-state index contributed by atoms with van der Waals surface area (Å²) in [5.41, 5.74) is 3.64. The number of carbonyl (C=O) groups is 1. The Bertz CT molecular complexity index is 1530. The number of carbonyl (C=O) groups excluding carboxylic acids is 1. The lowest BCUT2D eigenvalue weighted by Crippen LogP contribution is -2.45. The molecular formula is C35H44Cl2N4O3S. The molecule has 10 heteroatoms. The minimum absolute atomic E-state index is 0.103. The lowest BCUT2D eigenvalue weighted by atomic mass is 9.90. The fourth-order valence-corrected chi connectivity index (χ4v) is 6.32. The Morgan fingerprint density at radius 3 is 1.91 bits per heavy atom. The van der Waals surface area contributed by atoms with Crippen LogP contribution in [-0.4, -0.2) is 28.4 Å². The van der Waals surface area contributed by atoms with Crippen LogP contribution in [0.3, 0.4) is 0 Å². The van der Waals surface area contributed by atoms with E-state index >= 15 is 0 Å². The molecule has 242 valence electrons. The van der Waals surface area contributed by atoms with E-state index in [9.17, 15) is 4.79 Å². The third kappa shape index (κ3) is 10.1. The summed E-state index contributed by atoms with van der Waals surface area (Å²) in [5.74, 6) is 1.64. The molecule has 0 spiro atoms. The van der Waals surface area contributed by atoms with Crippen LogP contribution in [0, 0.1) is 6.92 Å². The molecule has 0 fully saturated rings. The SMILES string of the molecule is CC(C)NC(=S)NC1CC(C)(C)Oc2ccc(Cl)cc21.Cc1cccc(CNC(=O)NC2CC(C)(C)Oc3ccc(Cl)cc32)c1. The molecule has 0 saturated heterocycles. The number of ether oxygens (including phenoxy) is 2. The van der Waals surface area contributed by atoms with Crippen LogP contribution in [0.5, 0.6) is 11.5 Å². The third-order valence-electron chi connectivity index (χ3n) is 7.42. The van der Waals surface area contributed by atoms with Crippen molar-refractivity contribution in [2.75, 3.05) is 0 Å². The predicted molar refractivity (Wildman–Crippen MR) is 188 cm³/mol. The summed E-state index contributed by atoms with van der Waals surface area (Å²) in [5, 5.41) is 14.6. The second-order valence-electron chi connectivity index (χ2n) is 13.2. The maximum atomic E-state index is 12.4. The zero-order chi connectivity index (χ0) is 32.9. The molecule has 4 N–H and O–H groups in total. The van der Waals surface area contributed by atoms with Gasteiger partial charge in [-0.15, -0.1) is 0 Å². The molecule has 2 aliphatic rings. The molecule has 2 heterocycles. The van der Waals surface area contributed by atoms with Gasteiger partial charge in [0, 0.05) is 46.6 Å². The number of thiocarbonyl (C=S) groups is 1. The van der Waals surface area contributed by atoms with E-state index in [-0.39, 0.29) is 29.3 Å². The van der Waals surface area contributed by atoms with E-state index in [1.54, 1.807) is 6.07 Å². The molecule has 0 bridgehead atoms. The standard InChI is InChI=1S/C20H23ClN2O2.C15H21ClN2OS/c1-13-5-4-6-14(9-13)12-22-19(24)23-17-11-20(2,3)25-18-8-7-15(21)10-16(17)18;1-9(2)17-14(20)18-12-8-15(3,4)19-13-6-5-10(16)7-11(12)13/h4-10,17H,11-12H2,1-3H3,(H2,22,23,24);5-7,9,12H,8H2,1-4H3,(H2,17,18,20). The summed E-state index contributed by atoms with van der Waals surface area (Å²) < 4.78 is 12.0. The summed E-state index contributed by atoms with van der Waals surface area (Å²) in [7, 11) is 0. The molecule has 2 atom stereocenters. The van der Waals surface area contributed by atoms with Crippen molar-refractivity contribution in [3.8, 4) is 11.5 Å². The van der Waals surface area contributed by atoms with Gasteiger partial charge in [0.1, 0.15) is 22.7 Å². The van der Waals surface area contributed by atoms with Crippen LogP contribution in [0.4, 0.5) is 4.79 Å². The van der Waals surface area contributed by atoms with Crippen molar-refractivity contribution in [1.82, 2.24) is 21.3 Å². The van der Waals surface area contributed by atoms with Crippen LogP contribution in [-0.2, 0) is 6.54 Å². The van der Waals surface area contributed by atoms with Crippen LogP contribution in [0.1, 0.15) is 88.7 Å². The highest BCUT2D eigenvalue weighted by molar-refractivity contribution is 7.80. The average molecular weight is 672 g/mol. The van der Waals surface area contributed by atoms with E-state index in [4.69, 9.17) is 44.9 Å². The maximum Gasteiger partial charge on any atom is 0.315 e. The smallest absolute Gasteiger partial charge is 0.315 e. The highest BCUT2D eigenvalue weighted by atomic mass is 35.5. The number of aryl methyl sites for hydroxylation is 1. The van der Waals surface area contributed by atoms with Crippen LogP contribution in [0.25, 0.3) is 0 Å². The molecule has 0 aliphatic carbocycles. The Kier molecular flexibility index (Phi) is 11.2. The molecule has 2 aliphatic heterocycles. The maximum absolute atomic E-state index is 12.4. The molecule has 2 amide bonds. The van der Waals surface area contributed by atoms with Gasteiger partial charge in [0.15, 0.2) is 5.11 Å². The molecule has 0 saturated carbocycles. The molecule has 2 unspecified atom stereocenters. The van der Waals surface area contributed by atoms with Crippen molar-refractivity contribution < 1.29 is 14.3 Å². The Balaban J connectivity index is 0.000000210. The van der Waals surface area contributed by atoms with Gasteiger partial charge in [-0.2, -0.15) is 0 Å². The topological polar surface area (TPSA) is 83.7 Å². The zero-order valence-electron chi connectivity index (χ0n) is 27.0. The van der Waals surface area contributed by atoms with Crippen LogP contribution in [0.2, 0.25) is 10.0 Å². The monoisotopic (exact) mass is 670 g/mol. The first kappa shape index (κ1) is 34.7. The number of urea groups is 1. The molecule has 7 nitrogen and oxygen atoms in total. The lowest BCUT2D eigenvalue weighted by molar-refractivity contribution is 0.0677. The van der Waals surface area contributed by atoms with Crippen molar-refractivity contribution >= 4 is 46.6 Å². The molecule has 3 aromatic carbocycles. The molecule has 5 rings (SSSR count). The van der Waals surface area contributed by atoms with Crippen molar-refractivity contribution in [3.63, 3.8) is 0 Å². The normalized spacial score (nSPS) is 18.9. The summed E-state index contributed by atoms with van der Waals surface area (Å²) in [6, 6.07) is 19.4. The van der Waals surface area contributed by atoms with Gasteiger partial charge in [-0.25, -0.2) is 4.79 Å². The van der Waals surface area contributed by atoms with Crippen LogP contribution >= 0.6 is 35.4 Å². The Morgan fingerprint density at radius 2 is 1.40 bits per heavy atom. The zero-order valence-corrected chi connectivity index (χ0v) is 29.3. The fraction of sp³-hybridized carbons (Fsp3) is 0.429. The Hall–Kier alpha value is -3.20. The van der Waals surface area contributed by atoms with E-state index in [2.05, 4.69) is 55.0 Å². The second kappa shape index (κ2) is 14.5. The van der Waals surface area contributed by atoms with Crippen molar-refractivity contribution in [3.05, 3.63) is 93.0 Å². The number of halogens is 2. The van der Waals surface area contributed by atoms with Crippen molar-refractivity contribution in [1.29, 1.82) is 0 Å². The third-order valence-corrected chi connectivity index (χ3v) is 8.13. The summed E-state index contributed by atoms with van der Waals surface area (Å²) in [6.07, 6.45) is 1.51. The molecule has 0 radical (unpaired) electrons. The minimum Gasteiger partial charge on any atom is -0.487 e. The van der Waals surface area contributed by atoms with E-state index in [1.807, 2.05) is 69.3 Å². The number of amides is 2. The van der Waals surface area contributed by atoms with E-state index in [0.717, 1.165) is 34.6 Å². The minimum atomic E-state index is -0.352. The fourth-order valence-electron chi connectivity index (χ4n) is 5.58. The van der Waals surface area contributed by atoms with Gasteiger partial charge in [0.25, 0.3) is 0 Å². The van der Waals surface area contributed by atoms with E-state index in [1.165, 1.54) is 5.56 Å². The average Bonchev–Trinajstić information content (AvgIpc) is 2.92. The highest BCUT2D eigenvalue weighted by Gasteiger charge is 2.35. The van der Waals surface area contributed by atoms with Gasteiger partial charge in [-0.1, -0.05) is 53.0 Å². The quantitative estimate of drug-likeness (QED) is 0.204. The highest BCUT2D eigenvalue weighted by Crippen LogP contribution is 2.41. The molecule has 45 heavy (non-hydrogen) atoms. The molecular weight excluding hydrogens is 627 g/mol. The van der Waals surface area contributed by atoms with E-state index < -0.39 is 0 Å². The van der Waals surface area contributed by atoms with E-state index in [0.29, 0.717) is 34.2 Å². The Labute approximate surface area is 282 Å². The lowest BCUT2D eigenvalue weighted by Gasteiger charge is -2.38. The van der Waals surface area contributed by atoms with Gasteiger partial charge in [-0.3, -0.25) is 0 Å².